The van der Waals surface area contributed by atoms with Gasteiger partial charge in [0.2, 0.25) is 5.89 Å². The average Bonchev–Trinajstić information content (AvgIpc) is 3.18. The molecule has 27 heavy (non-hydrogen) atoms. The van der Waals surface area contributed by atoms with E-state index in [1.165, 1.54) is 6.92 Å². The summed E-state index contributed by atoms with van der Waals surface area (Å²) in [5, 5.41) is 7.89. The first kappa shape index (κ1) is 18.3. The summed E-state index contributed by atoms with van der Waals surface area (Å²) >= 11 is 0. The monoisotopic (exact) mass is 366 g/mol. The zero-order valence-corrected chi connectivity index (χ0v) is 14.9. The Morgan fingerprint density at radius 1 is 1.04 bits per heavy atom. The number of hydrogen-bond donors (Lipinski definition) is 0. The second-order valence-corrected chi connectivity index (χ2v) is 5.81. The molecule has 3 aromatic rings. The van der Waals surface area contributed by atoms with Gasteiger partial charge in [0.05, 0.1) is 0 Å². The van der Waals surface area contributed by atoms with Crippen LogP contribution in [0.4, 0.5) is 0 Å². The van der Waals surface area contributed by atoms with Crippen molar-refractivity contribution >= 4 is 11.8 Å². The number of aromatic nitrogens is 2. The maximum absolute atomic E-state index is 12.0. The first-order chi connectivity index (χ1) is 13.0. The summed E-state index contributed by atoms with van der Waals surface area (Å²) in [7, 11) is 0. The van der Waals surface area contributed by atoms with Crippen molar-refractivity contribution in [3.63, 3.8) is 0 Å². The molecule has 0 N–H and O–H groups in total. The molecule has 0 radical (unpaired) electrons. The highest BCUT2D eigenvalue weighted by atomic mass is 16.6. The number of benzene rings is 2. The Kier molecular flexibility index (Phi) is 5.61. The van der Waals surface area contributed by atoms with Crippen LogP contribution in [0.2, 0.25) is 0 Å². The average molecular weight is 366 g/mol. The zero-order chi connectivity index (χ0) is 19.2. The molecule has 0 aliphatic carbocycles. The molecular weight excluding hydrogens is 348 g/mol. The number of nitrogens with zero attached hydrogens (tertiary/aromatic N) is 2. The van der Waals surface area contributed by atoms with Crippen molar-refractivity contribution in [1.82, 2.24) is 10.2 Å². The molecule has 1 heterocycles. The molecule has 0 spiro atoms. The number of ether oxygens (including phenoxy) is 2. The van der Waals surface area contributed by atoms with Crippen molar-refractivity contribution in [2.24, 2.45) is 0 Å². The number of Topliss-reactive ketones (excluding diaryl/α,β-unsaturated/α-hetero) is 1. The van der Waals surface area contributed by atoms with Crippen LogP contribution in [-0.4, -0.2) is 28.6 Å². The Morgan fingerprint density at radius 3 is 2.41 bits per heavy atom. The van der Waals surface area contributed by atoms with Gasteiger partial charge in [-0.2, -0.15) is 0 Å². The van der Waals surface area contributed by atoms with Crippen LogP contribution in [0.3, 0.4) is 0 Å². The molecule has 0 unspecified atom stereocenters. The summed E-state index contributed by atoms with van der Waals surface area (Å²) in [6.07, 6.45) is -0.703. The van der Waals surface area contributed by atoms with E-state index >= 15 is 0 Å². The van der Waals surface area contributed by atoms with E-state index in [2.05, 4.69) is 10.2 Å². The molecule has 0 saturated carbocycles. The van der Waals surface area contributed by atoms with Crippen LogP contribution < -0.4 is 4.74 Å². The van der Waals surface area contributed by atoms with Gasteiger partial charge in [-0.05, 0) is 50.2 Å². The molecule has 0 aliphatic rings. The summed E-state index contributed by atoms with van der Waals surface area (Å²) in [6, 6.07) is 15.8. The van der Waals surface area contributed by atoms with Crippen molar-refractivity contribution in [2.45, 2.75) is 20.0 Å². The second-order valence-electron chi connectivity index (χ2n) is 5.81. The number of carbonyl (C=O) groups is 2. The summed E-state index contributed by atoms with van der Waals surface area (Å²) in [5.74, 6) is 0.416. The van der Waals surface area contributed by atoms with E-state index in [4.69, 9.17) is 13.9 Å². The Labute approximate surface area is 155 Å². The Balaban J connectivity index is 1.53. The standard InChI is InChI=1S/C20H18N2O5/c1-13(23)15-8-10-17(11-9-15)25-12-18(24)26-14(2)19-21-22-20(27-19)16-6-4-3-5-7-16/h3-11,14H,12H2,1-2H3/t14-/m1/s1. The van der Waals surface area contributed by atoms with E-state index in [9.17, 15) is 9.59 Å². The number of hydrogen-bond acceptors (Lipinski definition) is 7. The highest BCUT2D eigenvalue weighted by Gasteiger charge is 2.19. The predicted octanol–water partition coefficient (Wildman–Crippen LogP) is 3.62. The van der Waals surface area contributed by atoms with Crippen LogP contribution >= 0.6 is 0 Å². The molecule has 0 fully saturated rings. The Hall–Kier alpha value is -3.48. The summed E-state index contributed by atoms with van der Waals surface area (Å²) in [6.45, 7) is 2.85. The lowest BCUT2D eigenvalue weighted by Gasteiger charge is -2.10. The molecule has 1 atom stereocenters. The van der Waals surface area contributed by atoms with E-state index in [1.54, 1.807) is 31.2 Å². The second kappa shape index (κ2) is 8.27. The first-order valence-electron chi connectivity index (χ1n) is 8.35. The van der Waals surface area contributed by atoms with Gasteiger partial charge in [-0.25, -0.2) is 4.79 Å². The smallest absolute Gasteiger partial charge is 0.344 e. The predicted molar refractivity (Wildman–Crippen MR) is 96.2 cm³/mol. The molecule has 138 valence electrons. The topological polar surface area (TPSA) is 91.5 Å². The number of ketones is 1. The molecule has 1 aromatic heterocycles. The minimum atomic E-state index is -0.703. The molecule has 7 nitrogen and oxygen atoms in total. The van der Waals surface area contributed by atoms with Crippen LogP contribution in [0.5, 0.6) is 5.75 Å². The first-order valence-corrected chi connectivity index (χ1v) is 8.35. The summed E-state index contributed by atoms with van der Waals surface area (Å²) in [4.78, 5) is 23.2. The van der Waals surface area contributed by atoms with Gasteiger partial charge in [-0.1, -0.05) is 18.2 Å². The molecule has 0 saturated heterocycles. The van der Waals surface area contributed by atoms with E-state index in [-0.39, 0.29) is 18.3 Å². The third-order valence-corrected chi connectivity index (χ3v) is 3.73. The van der Waals surface area contributed by atoms with Gasteiger partial charge < -0.3 is 13.9 Å². The number of carbonyl (C=O) groups excluding carboxylic acids is 2. The lowest BCUT2D eigenvalue weighted by molar-refractivity contribution is -0.152. The van der Waals surface area contributed by atoms with Crippen molar-refractivity contribution in [1.29, 1.82) is 0 Å². The van der Waals surface area contributed by atoms with Crippen LogP contribution in [-0.2, 0) is 9.53 Å². The maximum Gasteiger partial charge on any atom is 0.344 e. The van der Waals surface area contributed by atoms with Gasteiger partial charge in [-0.15, -0.1) is 10.2 Å². The van der Waals surface area contributed by atoms with Gasteiger partial charge in [-0.3, -0.25) is 4.79 Å². The lowest BCUT2D eigenvalue weighted by Crippen LogP contribution is -2.17. The molecule has 2 aromatic carbocycles. The number of rotatable bonds is 7. The van der Waals surface area contributed by atoms with Gasteiger partial charge >= 0.3 is 5.97 Å². The quantitative estimate of drug-likeness (QED) is 0.466. The van der Waals surface area contributed by atoms with E-state index in [1.807, 2.05) is 30.3 Å². The normalized spacial score (nSPS) is 11.6. The molecule has 7 heteroatoms. The van der Waals surface area contributed by atoms with E-state index in [0.29, 0.717) is 17.2 Å². The zero-order valence-electron chi connectivity index (χ0n) is 14.9. The van der Waals surface area contributed by atoms with Crippen LogP contribution in [0.1, 0.15) is 36.2 Å². The summed E-state index contributed by atoms with van der Waals surface area (Å²) in [5.41, 5.74) is 1.36. The van der Waals surface area contributed by atoms with Crippen LogP contribution in [0.25, 0.3) is 11.5 Å². The van der Waals surface area contributed by atoms with Crippen molar-refractivity contribution in [2.75, 3.05) is 6.61 Å². The highest BCUT2D eigenvalue weighted by molar-refractivity contribution is 5.94. The number of esters is 1. The van der Waals surface area contributed by atoms with Crippen LogP contribution in [0.15, 0.2) is 59.0 Å². The molecule has 0 amide bonds. The highest BCUT2D eigenvalue weighted by Crippen LogP contribution is 2.22. The maximum atomic E-state index is 12.0. The van der Waals surface area contributed by atoms with Gasteiger partial charge in [0.1, 0.15) is 5.75 Å². The lowest BCUT2D eigenvalue weighted by atomic mass is 10.1. The van der Waals surface area contributed by atoms with Gasteiger partial charge in [0, 0.05) is 11.1 Å². The minimum Gasteiger partial charge on any atom is -0.482 e. The fraction of sp³-hybridized carbons (Fsp3) is 0.200. The van der Waals surface area contributed by atoms with Gasteiger partial charge in [0.25, 0.3) is 5.89 Å². The molecule has 0 bridgehead atoms. The fourth-order valence-corrected chi connectivity index (χ4v) is 2.31. The third kappa shape index (κ3) is 4.78. The fourth-order valence-electron chi connectivity index (χ4n) is 2.31. The minimum absolute atomic E-state index is 0.0378. The van der Waals surface area contributed by atoms with E-state index < -0.39 is 12.1 Å². The van der Waals surface area contributed by atoms with Crippen LogP contribution in [0, 0.1) is 0 Å². The van der Waals surface area contributed by atoms with Crippen molar-refractivity contribution < 1.29 is 23.5 Å². The van der Waals surface area contributed by atoms with E-state index in [0.717, 1.165) is 5.56 Å². The molecule has 3 rings (SSSR count). The van der Waals surface area contributed by atoms with Crippen molar-refractivity contribution in [3.05, 3.63) is 66.1 Å². The van der Waals surface area contributed by atoms with Gasteiger partial charge in [0.15, 0.2) is 18.5 Å². The molecular formula is C20H18N2O5. The van der Waals surface area contributed by atoms with Crippen molar-refractivity contribution in [3.8, 4) is 17.2 Å². The Bertz CT molecular complexity index is 919. The SMILES string of the molecule is CC(=O)c1ccc(OCC(=O)O[C@H](C)c2nnc(-c3ccccc3)o2)cc1. The Morgan fingerprint density at radius 2 is 1.74 bits per heavy atom. The molecule has 0 aliphatic heterocycles. The third-order valence-electron chi connectivity index (χ3n) is 3.73. The largest absolute Gasteiger partial charge is 0.482 e. The summed E-state index contributed by atoms with van der Waals surface area (Å²) < 4.78 is 16.2.